The molecule has 0 aromatic rings. The molecule has 3 nitrogen and oxygen atoms in total. The maximum absolute atomic E-state index is 5.88. The van der Waals surface area contributed by atoms with E-state index in [0.717, 1.165) is 19.7 Å². The van der Waals surface area contributed by atoms with Crippen LogP contribution in [0.25, 0.3) is 0 Å². The van der Waals surface area contributed by atoms with Gasteiger partial charge in [0, 0.05) is 25.2 Å². The Hall–Kier alpha value is -0.120. The largest absolute Gasteiger partial charge is 0.377 e. The van der Waals surface area contributed by atoms with Gasteiger partial charge in [0.05, 0.1) is 6.10 Å². The van der Waals surface area contributed by atoms with Gasteiger partial charge in [0.15, 0.2) is 0 Å². The zero-order chi connectivity index (χ0) is 14.1. The quantitative estimate of drug-likeness (QED) is 0.697. The molecule has 3 heteroatoms. The Morgan fingerprint density at radius 3 is 2.58 bits per heavy atom. The summed E-state index contributed by atoms with van der Waals surface area (Å²) < 4.78 is 5.88. The molecule has 1 aliphatic rings. The molecular weight excluding hydrogens is 236 g/mol. The van der Waals surface area contributed by atoms with Gasteiger partial charge in [0.2, 0.25) is 0 Å². The molecule has 19 heavy (non-hydrogen) atoms. The van der Waals surface area contributed by atoms with Crippen LogP contribution in [-0.4, -0.2) is 49.8 Å². The Labute approximate surface area is 120 Å². The lowest BCUT2D eigenvalue weighted by Crippen LogP contribution is -2.50. The Kier molecular flexibility index (Phi) is 8.67. The summed E-state index contributed by atoms with van der Waals surface area (Å²) in [4.78, 5) is 2.53. The maximum atomic E-state index is 5.88. The predicted molar refractivity (Wildman–Crippen MR) is 82.7 cm³/mol. The second-order valence-electron chi connectivity index (χ2n) is 5.86. The molecule has 0 saturated carbocycles. The van der Waals surface area contributed by atoms with Crippen LogP contribution in [-0.2, 0) is 4.74 Å². The molecule has 0 amide bonds. The zero-order valence-electron chi connectivity index (χ0n) is 13.5. The van der Waals surface area contributed by atoms with Gasteiger partial charge in [-0.3, -0.25) is 4.90 Å². The summed E-state index contributed by atoms with van der Waals surface area (Å²) in [5, 5.41) is 3.67. The molecule has 1 fully saturated rings. The first kappa shape index (κ1) is 16.9. The molecule has 0 aromatic carbocycles. The molecule has 0 aromatic heterocycles. The lowest BCUT2D eigenvalue weighted by molar-refractivity contribution is -0.0116. The van der Waals surface area contributed by atoms with Gasteiger partial charge in [0.25, 0.3) is 0 Å². The van der Waals surface area contributed by atoms with Crippen molar-refractivity contribution in [3.05, 3.63) is 0 Å². The van der Waals surface area contributed by atoms with E-state index in [9.17, 15) is 0 Å². The summed E-state index contributed by atoms with van der Waals surface area (Å²) >= 11 is 0. The monoisotopic (exact) mass is 270 g/mol. The first-order chi connectivity index (χ1) is 9.22. The van der Waals surface area contributed by atoms with Crippen LogP contribution < -0.4 is 5.32 Å². The van der Waals surface area contributed by atoms with Gasteiger partial charge in [-0.15, -0.1) is 0 Å². The van der Waals surface area contributed by atoms with Crippen molar-refractivity contribution >= 4 is 0 Å². The van der Waals surface area contributed by atoms with E-state index in [1.54, 1.807) is 0 Å². The van der Waals surface area contributed by atoms with Gasteiger partial charge >= 0.3 is 0 Å². The molecule has 3 atom stereocenters. The summed E-state index contributed by atoms with van der Waals surface area (Å²) in [5.74, 6) is 0. The molecule has 114 valence electrons. The van der Waals surface area contributed by atoms with Crippen molar-refractivity contribution < 1.29 is 4.74 Å². The fraction of sp³-hybridized carbons (Fsp3) is 1.00. The smallest absolute Gasteiger partial charge is 0.0702 e. The van der Waals surface area contributed by atoms with Crippen LogP contribution in [0.1, 0.15) is 59.3 Å². The van der Waals surface area contributed by atoms with Crippen molar-refractivity contribution in [3.63, 3.8) is 0 Å². The van der Waals surface area contributed by atoms with Crippen molar-refractivity contribution in [2.75, 3.05) is 26.7 Å². The van der Waals surface area contributed by atoms with Crippen LogP contribution in [0.15, 0.2) is 0 Å². The molecule has 3 unspecified atom stereocenters. The molecule has 0 spiro atoms. The molecule has 1 N–H and O–H groups in total. The van der Waals surface area contributed by atoms with E-state index in [1.807, 2.05) is 0 Å². The lowest BCUT2D eigenvalue weighted by atomic mass is 9.98. The highest BCUT2D eigenvalue weighted by Gasteiger charge is 2.25. The fourth-order valence-electron chi connectivity index (χ4n) is 3.32. The number of rotatable bonds is 9. The average molecular weight is 270 g/mol. The van der Waals surface area contributed by atoms with E-state index < -0.39 is 0 Å². The highest BCUT2D eigenvalue weighted by atomic mass is 16.5. The molecule has 0 bridgehead atoms. The van der Waals surface area contributed by atoms with Gasteiger partial charge in [0.1, 0.15) is 0 Å². The van der Waals surface area contributed by atoms with E-state index in [-0.39, 0.29) is 0 Å². The van der Waals surface area contributed by atoms with Crippen molar-refractivity contribution in [3.8, 4) is 0 Å². The topological polar surface area (TPSA) is 24.5 Å². The second kappa shape index (κ2) is 9.73. The summed E-state index contributed by atoms with van der Waals surface area (Å²) in [6.45, 7) is 9.91. The SMILES string of the molecule is CCCC(NCC)C(CC)N(C)CC1CCCCO1. The Bertz CT molecular complexity index is 211. The first-order valence-corrected chi connectivity index (χ1v) is 8.28. The minimum absolute atomic E-state index is 0.455. The van der Waals surface area contributed by atoms with Gasteiger partial charge in [-0.05, 0) is 45.7 Å². The van der Waals surface area contributed by atoms with Crippen LogP contribution in [0.2, 0.25) is 0 Å². The zero-order valence-corrected chi connectivity index (χ0v) is 13.5. The fourth-order valence-corrected chi connectivity index (χ4v) is 3.32. The third-order valence-electron chi connectivity index (χ3n) is 4.28. The summed E-state index contributed by atoms with van der Waals surface area (Å²) in [5.41, 5.74) is 0. The van der Waals surface area contributed by atoms with Crippen LogP contribution in [0.4, 0.5) is 0 Å². The molecule has 0 aliphatic carbocycles. The highest BCUT2D eigenvalue weighted by molar-refractivity contribution is 4.83. The van der Waals surface area contributed by atoms with Crippen molar-refractivity contribution in [1.29, 1.82) is 0 Å². The standard InChI is InChI=1S/C16H34N2O/c1-5-10-15(17-7-3)16(6-2)18(4)13-14-11-8-9-12-19-14/h14-17H,5-13H2,1-4H3. The van der Waals surface area contributed by atoms with Crippen LogP contribution in [0, 0.1) is 0 Å². The highest BCUT2D eigenvalue weighted by Crippen LogP contribution is 2.17. The van der Waals surface area contributed by atoms with E-state index >= 15 is 0 Å². The normalized spacial score (nSPS) is 23.5. The number of hydrogen-bond donors (Lipinski definition) is 1. The number of nitrogens with zero attached hydrogens (tertiary/aromatic N) is 1. The van der Waals surface area contributed by atoms with Gasteiger partial charge in [-0.1, -0.05) is 27.2 Å². The minimum atomic E-state index is 0.455. The third kappa shape index (κ3) is 5.80. The van der Waals surface area contributed by atoms with Crippen molar-refractivity contribution in [1.82, 2.24) is 10.2 Å². The number of ether oxygens (including phenoxy) is 1. The maximum Gasteiger partial charge on any atom is 0.0702 e. The number of nitrogens with one attached hydrogen (secondary N) is 1. The lowest BCUT2D eigenvalue weighted by Gasteiger charge is -2.37. The van der Waals surface area contributed by atoms with Crippen molar-refractivity contribution in [2.24, 2.45) is 0 Å². The summed E-state index contributed by atoms with van der Waals surface area (Å²) in [6.07, 6.45) is 8.00. The number of hydrogen-bond acceptors (Lipinski definition) is 3. The Morgan fingerprint density at radius 2 is 2.05 bits per heavy atom. The molecule has 1 heterocycles. The number of likely N-dealkylation sites (N-methyl/N-ethyl adjacent to an activating group) is 2. The van der Waals surface area contributed by atoms with Crippen LogP contribution in [0.5, 0.6) is 0 Å². The second-order valence-corrected chi connectivity index (χ2v) is 5.86. The molecule has 0 radical (unpaired) electrons. The predicted octanol–water partition coefficient (Wildman–Crippen LogP) is 3.04. The van der Waals surface area contributed by atoms with E-state index in [0.29, 0.717) is 18.2 Å². The molecule has 1 saturated heterocycles. The summed E-state index contributed by atoms with van der Waals surface area (Å²) in [7, 11) is 2.27. The molecule has 1 rings (SSSR count). The van der Waals surface area contributed by atoms with Crippen LogP contribution >= 0.6 is 0 Å². The Morgan fingerprint density at radius 1 is 1.26 bits per heavy atom. The van der Waals surface area contributed by atoms with Gasteiger partial charge < -0.3 is 10.1 Å². The van der Waals surface area contributed by atoms with E-state index in [4.69, 9.17) is 4.74 Å². The van der Waals surface area contributed by atoms with E-state index in [2.05, 4.69) is 38.0 Å². The Balaban J connectivity index is 2.49. The summed E-state index contributed by atoms with van der Waals surface area (Å²) in [6, 6.07) is 1.25. The van der Waals surface area contributed by atoms with Crippen LogP contribution in [0.3, 0.4) is 0 Å². The third-order valence-corrected chi connectivity index (χ3v) is 4.28. The first-order valence-electron chi connectivity index (χ1n) is 8.28. The van der Waals surface area contributed by atoms with Crippen molar-refractivity contribution in [2.45, 2.75) is 77.5 Å². The average Bonchev–Trinajstić information content (AvgIpc) is 2.41. The van der Waals surface area contributed by atoms with Gasteiger partial charge in [-0.25, -0.2) is 0 Å². The molecular formula is C16H34N2O. The van der Waals surface area contributed by atoms with Gasteiger partial charge in [-0.2, -0.15) is 0 Å². The minimum Gasteiger partial charge on any atom is -0.377 e. The molecule has 1 aliphatic heterocycles. The van der Waals surface area contributed by atoms with E-state index in [1.165, 1.54) is 38.5 Å².